The van der Waals surface area contributed by atoms with Gasteiger partial charge in [-0.1, -0.05) is 66.2 Å². The third-order valence-electron chi connectivity index (χ3n) is 3.30. The number of halogens is 1. The Bertz CT molecular complexity index is 640. The van der Waals surface area contributed by atoms with Crippen LogP contribution in [0.1, 0.15) is 24.1 Å². The van der Waals surface area contributed by atoms with Crippen molar-refractivity contribution in [2.45, 2.75) is 13.0 Å². The summed E-state index contributed by atoms with van der Waals surface area (Å²) in [6.45, 7) is 1.97. The van der Waals surface area contributed by atoms with Crippen LogP contribution in [0.3, 0.4) is 0 Å². The van der Waals surface area contributed by atoms with Gasteiger partial charge in [-0.3, -0.25) is 4.79 Å². The molecule has 0 spiro atoms. The fraction of sp³-hybridized carbons (Fsp3) is 0.211. The molecule has 0 saturated heterocycles. The van der Waals surface area contributed by atoms with Crippen molar-refractivity contribution in [2.24, 2.45) is 0 Å². The number of carbonyl (C=O) groups excluding carboxylic acids is 1. The zero-order chi connectivity index (χ0) is 16.5. The van der Waals surface area contributed by atoms with E-state index in [0.29, 0.717) is 10.8 Å². The average molecular weight is 346 g/mol. The highest BCUT2D eigenvalue weighted by atomic mass is 35.5. The van der Waals surface area contributed by atoms with Gasteiger partial charge in [0.15, 0.2) is 0 Å². The molecule has 0 unspecified atom stereocenters. The first-order chi connectivity index (χ1) is 11.1. The molecule has 0 saturated carbocycles. The van der Waals surface area contributed by atoms with Crippen LogP contribution in [-0.2, 0) is 4.79 Å². The van der Waals surface area contributed by atoms with E-state index in [2.05, 4.69) is 29.6 Å². The van der Waals surface area contributed by atoms with Gasteiger partial charge < -0.3 is 5.32 Å². The summed E-state index contributed by atoms with van der Waals surface area (Å²) in [4.78, 5) is 11.9. The number of nitrogens with one attached hydrogen (secondary N) is 1. The number of hydrogen-bond donors (Lipinski definition) is 1. The van der Waals surface area contributed by atoms with E-state index in [1.165, 1.54) is 5.56 Å². The van der Waals surface area contributed by atoms with Crippen LogP contribution in [0.2, 0.25) is 5.02 Å². The van der Waals surface area contributed by atoms with Crippen molar-refractivity contribution >= 4 is 35.3 Å². The van der Waals surface area contributed by atoms with E-state index in [4.69, 9.17) is 11.6 Å². The molecule has 0 aromatic heterocycles. The largest absolute Gasteiger partial charge is 0.349 e. The molecule has 2 aromatic carbocycles. The molecule has 1 amide bonds. The Hall–Kier alpha value is -1.71. The van der Waals surface area contributed by atoms with Crippen LogP contribution in [0, 0.1) is 0 Å². The molecule has 2 nitrogen and oxygen atoms in total. The molecule has 0 aliphatic heterocycles. The second kappa shape index (κ2) is 9.43. The van der Waals surface area contributed by atoms with Crippen LogP contribution < -0.4 is 5.32 Å². The van der Waals surface area contributed by atoms with E-state index < -0.39 is 0 Å². The number of amides is 1. The Morgan fingerprint density at radius 2 is 1.87 bits per heavy atom. The molecule has 120 valence electrons. The summed E-state index contributed by atoms with van der Waals surface area (Å²) in [7, 11) is 0. The lowest BCUT2D eigenvalue weighted by atomic mass is 10.1. The molecule has 2 rings (SSSR count). The zero-order valence-corrected chi connectivity index (χ0v) is 14.6. The summed E-state index contributed by atoms with van der Waals surface area (Å²) >= 11 is 7.47. The molecular formula is C19H20ClNOS. The van der Waals surface area contributed by atoms with Gasteiger partial charge in [0.1, 0.15) is 0 Å². The fourth-order valence-corrected chi connectivity index (χ4v) is 2.83. The van der Waals surface area contributed by atoms with Gasteiger partial charge in [-0.15, -0.1) is 11.8 Å². The maximum atomic E-state index is 11.9. The molecule has 4 heteroatoms. The number of benzene rings is 2. The number of carbonyl (C=O) groups is 1. The summed E-state index contributed by atoms with van der Waals surface area (Å²) < 4.78 is 0. The van der Waals surface area contributed by atoms with Gasteiger partial charge in [0, 0.05) is 10.8 Å². The third-order valence-corrected chi connectivity index (χ3v) is 4.45. The molecule has 0 heterocycles. The predicted octanol–water partition coefficient (Wildman–Crippen LogP) is 4.96. The summed E-state index contributed by atoms with van der Waals surface area (Å²) in [5, 5.41) is 3.70. The molecule has 23 heavy (non-hydrogen) atoms. The molecule has 0 radical (unpaired) electrons. The van der Waals surface area contributed by atoms with Crippen LogP contribution in [0.5, 0.6) is 0 Å². The number of rotatable bonds is 7. The van der Waals surface area contributed by atoms with E-state index in [1.807, 2.05) is 49.4 Å². The van der Waals surface area contributed by atoms with Crippen LogP contribution in [-0.4, -0.2) is 17.4 Å². The highest BCUT2D eigenvalue weighted by Gasteiger charge is 2.08. The first kappa shape index (κ1) is 17.6. The third kappa shape index (κ3) is 6.51. The van der Waals surface area contributed by atoms with Gasteiger partial charge in [-0.25, -0.2) is 0 Å². The summed E-state index contributed by atoms with van der Waals surface area (Å²) in [6, 6.07) is 17.7. The van der Waals surface area contributed by atoms with Gasteiger partial charge in [0.05, 0.1) is 11.8 Å². The fourth-order valence-electron chi connectivity index (χ4n) is 2.09. The Morgan fingerprint density at radius 3 is 2.57 bits per heavy atom. The lowest BCUT2D eigenvalue weighted by Gasteiger charge is -2.14. The van der Waals surface area contributed by atoms with Crippen molar-refractivity contribution in [1.82, 2.24) is 5.32 Å². The number of hydrogen-bond acceptors (Lipinski definition) is 2. The van der Waals surface area contributed by atoms with Crippen molar-refractivity contribution in [1.29, 1.82) is 0 Å². The van der Waals surface area contributed by atoms with Gasteiger partial charge in [-0.2, -0.15) is 0 Å². The van der Waals surface area contributed by atoms with Gasteiger partial charge in [0.2, 0.25) is 5.91 Å². The van der Waals surface area contributed by atoms with Crippen LogP contribution >= 0.6 is 23.4 Å². The summed E-state index contributed by atoms with van der Waals surface area (Å²) in [5.41, 5.74) is 2.23. The van der Waals surface area contributed by atoms with Crippen molar-refractivity contribution in [3.63, 3.8) is 0 Å². The van der Waals surface area contributed by atoms with E-state index in [0.717, 1.165) is 11.3 Å². The highest BCUT2D eigenvalue weighted by Crippen LogP contribution is 2.16. The standard InChI is InChI=1S/C19H20ClNOS/c1-15(17-9-11-18(20)12-10-17)21-19(22)14-23-13-5-8-16-6-3-2-4-7-16/h2-12,15H,13-14H2,1H3,(H,21,22)/b8-5+/t15-/m1/s1. The van der Waals surface area contributed by atoms with Crippen molar-refractivity contribution in [2.75, 3.05) is 11.5 Å². The molecular weight excluding hydrogens is 326 g/mol. The minimum absolute atomic E-state index is 0.0137. The van der Waals surface area contributed by atoms with E-state index in [-0.39, 0.29) is 11.9 Å². The lowest BCUT2D eigenvalue weighted by molar-refractivity contribution is -0.119. The zero-order valence-electron chi connectivity index (χ0n) is 13.0. The molecule has 0 fully saturated rings. The lowest BCUT2D eigenvalue weighted by Crippen LogP contribution is -2.28. The predicted molar refractivity (Wildman–Crippen MR) is 101 cm³/mol. The molecule has 0 bridgehead atoms. The second-order valence-corrected chi connectivity index (χ2v) is 6.64. The van der Waals surface area contributed by atoms with Gasteiger partial charge in [-0.05, 0) is 30.2 Å². The highest BCUT2D eigenvalue weighted by molar-refractivity contribution is 8.00. The molecule has 0 aliphatic carbocycles. The second-order valence-electron chi connectivity index (χ2n) is 5.17. The van der Waals surface area contributed by atoms with E-state index in [9.17, 15) is 4.79 Å². The minimum Gasteiger partial charge on any atom is -0.349 e. The quantitative estimate of drug-likeness (QED) is 0.718. The molecule has 1 atom stereocenters. The van der Waals surface area contributed by atoms with E-state index in [1.54, 1.807) is 11.8 Å². The Labute approximate surface area is 146 Å². The first-order valence-corrected chi connectivity index (χ1v) is 9.02. The normalized spacial score (nSPS) is 12.3. The van der Waals surface area contributed by atoms with Crippen molar-refractivity contribution in [3.8, 4) is 0 Å². The Morgan fingerprint density at radius 1 is 1.17 bits per heavy atom. The van der Waals surface area contributed by atoms with Gasteiger partial charge in [0.25, 0.3) is 0 Å². The molecule has 0 aliphatic rings. The number of thioether (sulfide) groups is 1. The first-order valence-electron chi connectivity index (χ1n) is 7.49. The van der Waals surface area contributed by atoms with E-state index >= 15 is 0 Å². The Kier molecular flexibility index (Phi) is 7.24. The van der Waals surface area contributed by atoms with Crippen molar-refractivity contribution < 1.29 is 4.79 Å². The molecule has 2 aromatic rings. The van der Waals surface area contributed by atoms with Gasteiger partial charge >= 0.3 is 0 Å². The SMILES string of the molecule is C[C@@H](NC(=O)CSC/C=C/c1ccccc1)c1ccc(Cl)cc1. The monoisotopic (exact) mass is 345 g/mol. The maximum Gasteiger partial charge on any atom is 0.230 e. The van der Waals surface area contributed by atoms with Crippen LogP contribution in [0.15, 0.2) is 60.7 Å². The Balaban J connectivity index is 1.68. The summed E-state index contributed by atoms with van der Waals surface area (Å²) in [6.07, 6.45) is 4.15. The smallest absolute Gasteiger partial charge is 0.230 e. The minimum atomic E-state index is -0.0137. The van der Waals surface area contributed by atoms with Crippen molar-refractivity contribution in [3.05, 3.63) is 76.8 Å². The average Bonchev–Trinajstić information content (AvgIpc) is 2.56. The maximum absolute atomic E-state index is 11.9. The van der Waals surface area contributed by atoms with Crippen LogP contribution in [0.25, 0.3) is 6.08 Å². The molecule has 1 N–H and O–H groups in total. The summed E-state index contributed by atoms with van der Waals surface area (Å²) in [5.74, 6) is 1.32. The topological polar surface area (TPSA) is 29.1 Å². The van der Waals surface area contributed by atoms with Crippen LogP contribution in [0.4, 0.5) is 0 Å².